The van der Waals surface area contributed by atoms with Crippen molar-refractivity contribution in [3.05, 3.63) is 35.9 Å². The molecule has 0 heterocycles. The molecule has 0 aromatic heterocycles. The Hall–Kier alpha value is -1.59. The Bertz CT molecular complexity index is 314. The smallest absolute Gasteiger partial charge is 0.407 e. The molecule has 0 radical (unpaired) electrons. The maximum Gasteiger partial charge on any atom is 0.407 e. The minimum Gasteiger partial charge on any atom is -0.448 e. The van der Waals surface area contributed by atoms with Gasteiger partial charge in [-0.25, -0.2) is 9.80 Å². The highest BCUT2D eigenvalue weighted by Crippen LogP contribution is 1.97. The van der Waals surface area contributed by atoms with Crippen LogP contribution in [0.25, 0.3) is 0 Å². The van der Waals surface area contributed by atoms with Gasteiger partial charge in [-0.2, -0.15) is 0 Å². The molecule has 0 fully saturated rings. The van der Waals surface area contributed by atoms with Crippen LogP contribution in [0.2, 0.25) is 0 Å². The molecule has 5 heteroatoms. The van der Waals surface area contributed by atoms with Crippen molar-refractivity contribution in [2.45, 2.75) is 6.54 Å². The van der Waals surface area contributed by atoms with Gasteiger partial charge in [0, 0.05) is 20.1 Å². The quantitative estimate of drug-likeness (QED) is 0.570. The van der Waals surface area contributed by atoms with Crippen LogP contribution in [0.15, 0.2) is 30.3 Å². The summed E-state index contributed by atoms with van der Waals surface area (Å²) in [5, 5.41) is 4.11. The van der Waals surface area contributed by atoms with Crippen LogP contribution in [0.1, 0.15) is 5.56 Å². The largest absolute Gasteiger partial charge is 0.448 e. The topological polar surface area (TPSA) is 67.6 Å². The average Bonchev–Trinajstić information content (AvgIpc) is 2.27. The summed E-state index contributed by atoms with van der Waals surface area (Å²) in [5.74, 6) is 5.37. The van der Waals surface area contributed by atoms with Crippen molar-refractivity contribution in [1.82, 2.24) is 10.3 Å². The second-order valence-electron chi connectivity index (χ2n) is 3.46. The van der Waals surface area contributed by atoms with E-state index < -0.39 is 6.09 Å². The molecular formula is C11H17N3O2. The molecular weight excluding hydrogens is 206 g/mol. The van der Waals surface area contributed by atoms with E-state index in [4.69, 9.17) is 10.6 Å². The van der Waals surface area contributed by atoms with Gasteiger partial charge in [0.25, 0.3) is 0 Å². The Morgan fingerprint density at radius 1 is 1.44 bits per heavy atom. The highest BCUT2D eigenvalue weighted by molar-refractivity contribution is 5.67. The second kappa shape index (κ2) is 6.81. The van der Waals surface area contributed by atoms with Crippen molar-refractivity contribution >= 4 is 6.09 Å². The van der Waals surface area contributed by atoms with Crippen molar-refractivity contribution in [3.8, 4) is 0 Å². The van der Waals surface area contributed by atoms with E-state index >= 15 is 0 Å². The van der Waals surface area contributed by atoms with E-state index in [1.807, 2.05) is 30.3 Å². The van der Waals surface area contributed by atoms with Crippen molar-refractivity contribution in [1.29, 1.82) is 0 Å². The molecule has 0 bridgehead atoms. The summed E-state index contributed by atoms with van der Waals surface area (Å²) < 4.78 is 4.90. The van der Waals surface area contributed by atoms with Crippen LogP contribution in [0.3, 0.4) is 0 Å². The van der Waals surface area contributed by atoms with Crippen molar-refractivity contribution < 1.29 is 9.53 Å². The molecule has 1 amide bonds. The molecule has 16 heavy (non-hydrogen) atoms. The number of nitrogens with zero attached hydrogens (tertiary/aromatic N) is 1. The standard InChI is InChI=1S/C11H17N3O2/c1-14(12)7-8-16-11(15)13-9-10-5-3-2-4-6-10/h2-6H,7-9,12H2,1H3,(H,13,15). The van der Waals surface area contributed by atoms with Crippen LogP contribution in [-0.2, 0) is 11.3 Å². The van der Waals surface area contributed by atoms with Crippen LogP contribution in [0.4, 0.5) is 4.79 Å². The number of amides is 1. The van der Waals surface area contributed by atoms with Gasteiger partial charge in [0.15, 0.2) is 0 Å². The number of nitrogens with one attached hydrogen (secondary N) is 1. The summed E-state index contributed by atoms with van der Waals surface area (Å²) in [7, 11) is 1.71. The van der Waals surface area contributed by atoms with Crippen molar-refractivity contribution in [2.24, 2.45) is 5.84 Å². The molecule has 0 aliphatic carbocycles. The number of benzene rings is 1. The summed E-state index contributed by atoms with van der Waals surface area (Å²) in [6.07, 6.45) is -0.425. The third kappa shape index (κ3) is 5.33. The SMILES string of the molecule is CN(N)CCOC(=O)NCc1ccccc1. The second-order valence-corrected chi connectivity index (χ2v) is 3.46. The Kier molecular flexibility index (Phi) is 5.31. The van der Waals surface area contributed by atoms with Crippen molar-refractivity contribution in [3.63, 3.8) is 0 Å². The van der Waals surface area contributed by atoms with E-state index in [0.29, 0.717) is 13.1 Å². The molecule has 0 atom stereocenters. The van der Waals surface area contributed by atoms with Gasteiger partial charge in [0.1, 0.15) is 6.61 Å². The molecule has 0 unspecified atom stereocenters. The third-order valence-corrected chi connectivity index (χ3v) is 1.96. The van der Waals surface area contributed by atoms with E-state index in [9.17, 15) is 4.79 Å². The number of nitrogens with two attached hydrogens (primary N) is 1. The molecule has 1 rings (SSSR count). The molecule has 3 N–H and O–H groups in total. The molecule has 5 nitrogen and oxygen atoms in total. The van der Waals surface area contributed by atoms with E-state index in [1.54, 1.807) is 7.05 Å². The summed E-state index contributed by atoms with van der Waals surface area (Å²) in [5.41, 5.74) is 1.04. The lowest BCUT2D eigenvalue weighted by Crippen LogP contribution is -2.32. The van der Waals surface area contributed by atoms with Gasteiger partial charge in [0.2, 0.25) is 0 Å². The van der Waals surface area contributed by atoms with E-state index in [1.165, 1.54) is 5.01 Å². The lowest BCUT2D eigenvalue weighted by Gasteiger charge is -2.10. The van der Waals surface area contributed by atoms with Gasteiger partial charge < -0.3 is 10.1 Å². The van der Waals surface area contributed by atoms with Crippen LogP contribution in [0, 0.1) is 0 Å². The van der Waals surface area contributed by atoms with Gasteiger partial charge in [-0.15, -0.1) is 0 Å². The van der Waals surface area contributed by atoms with Gasteiger partial charge in [-0.1, -0.05) is 30.3 Å². The minimum atomic E-state index is -0.425. The Morgan fingerprint density at radius 2 is 2.12 bits per heavy atom. The van der Waals surface area contributed by atoms with Crippen LogP contribution in [0.5, 0.6) is 0 Å². The van der Waals surface area contributed by atoms with Crippen LogP contribution in [-0.4, -0.2) is 31.3 Å². The Labute approximate surface area is 95.2 Å². The number of hydrogen-bond donors (Lipinski definition) is 2. The zero-order chi connectivity index (χ0) is 11.8. The molecule has 0 aliphatic heterocycles. The highest BCUT2D eigenvalue weighted by atomic mass is 16.5. The lowest BCUT2D eigenvalue weighted by atomic mass is 10.2. The minimum absolute atomic E-state index is 0.285. The first kappa shape index (κ1) is 12.5. The van der Waals surface area contributed by atoms with Crippen LogP contribution >= 0.6 is 0 Å². The maximum absolute atomic E-state index is 11.2. The predicted molar refractivity (Wildman–Crippen MR) is 61.4 cm³/mol. The first-order chi connectivity index (χ1) is 7.68. The molecule has 0 spiro atoms. The first-order valence-corrected chi connectivity index (χ1v) is 5.09. The van der Waals surface area contributed by atoms with Crippen LogP contribution < -0.4 is 11.2 Å². The molecule has 1 aromatic rings. The number of rotatable bonds is 5. The molecule has 88 valence electrons. The number of hydrazine groups is 1. The summed E-state index contributed by atoms with van der Waals surface area (Å²) in [6, 6.07) is 9.65. The fourth-order valence-electron chi connectivity index (χ4n) is 1.10. The fourth-order valence-corrected chi connectivity index (χ4v) is 1.10. The van der Waals surface area contributed by atoms with E-state index in [-0.39, 0.29) is 6.61 Å². The Balaban J connectivity index is 2.16. The molecule has 0 saturated heterocycles. The van der Waals surface area contributed by atoms with Gasteiger partial charge in [0.05, 0.1) is 0 Å². The number of likely N-dealkylation sites (N-methyl/N-ethyl adjacent to an activating group) is 1. The number of carbonyl (C=O) groups excluding carboxylic acids is 1. The molecule has 0 aliphatic rings. The highest BCUT2D eigenvalue weighted by Gasteiger charge is 2.01. The average molecular weight is 223 g/mol. The number of ether oxygens (including phenoxy) is 1. The normalized spacial score (nSPS) is 10.2. The summed E-state index contributed by atoms with van der Waals surface area (Å²) >= 11 is 0. The zero-order valence-corrected chi connectivity index (χ0v) is 9.35. The van der Waals surface area contributed by atoms with E-state index in [0.717, 1.165) is 5.56 Å². The fraction of sp³-hybridized carbons (Fsp3) is 0.364. The molecule has 1 aromatic carbocycles. The lowest BCUT2D eigenvalue weighted by molar-refractivity contribution is 0.132. The number of hydrogen-bond acceptors (Lipinski definition) is 4. The first-order valence-electron chi connectivity index (χ1n) is 5.09. The van der Waals surface area contributed by atoms with E-state index in [2.05, 4.69) is 5.32 Å². The monoisotopic (exact) mass is 223 g/mol. The predicted octanol–water partition coefficient (Wildman–Crippen LogP) is 0.718. The maximum atomic E-state index is 11.2. The zero-order valence-electron chi connectivity index (χ0n) is 9.35. The van der Waals surface area contributed by atoms with Gasteiger partial charge >= 0.3 is 6.09 Å². The summed E-state index contributed by atoms with van der Waals surface area (Å²) in [6.45, 7) is 1.27. The van der Waals surface area contributed by atoms with Gasteiger partial charge in [-0.3, -0.25) is 5.84 Å². The number of carbonyl (C=O) groups is 1. The van der Waals surface area contributed by atoms with Gasteiger partial charge in [-0.05, 0) is 5.56 Å². The third-order valence-electron chi connectivity index (χ3n) is 1.96. The van der Waals surface area contributed by atoms with Crippen molar-refractivity contribution in [2.75, 3.05) is 20.2 Å². The summed E-state index contributed by atoms with van der Waals surface area (Å²) in [4.78, 5) is 11.2. The Morgan fingerprint density at radius 3 is 2.75 bits per heavy atom. The number of alkyl carbamates (subject to hydrolysis) is 1. The molecule has 0 saturated carbocycles.